The van der Waals surface area contributed by atoms with Gasteiger partial charge in [-0.05, 0) is 12.8 Å². The van der Waals surface area contributed by atoms with Crippen LogP contribution < -0.4 is 9.13 Å². The quantitative estimate of drug-likeness (QED) is 0.525. The molecule has 3 rings (SSSR count). The molecule has 0 aromatic carbocycles. The molecule has 26 heavy (non-hydrogen) atoms. The summed E-state index contributed by atoms with van der Waals surface area (Å²) < 4.78 is 8.84. The first kappa shape index (κ1) is 18.3. The predicted molar refractivity (Wildman–Crippen MR) is 99.3 cm³/mol. The summed E-state index contributed by atoms with van der Waals surface area (Å²) in [5.74, 6) is 0. The SMILES string of the molecule is CCCCn1cc[n+](Cc2nccnc2C[n+]2ccn(CCCC)c2)c1. The van der Waals surface area contributed by atoms with Crippen molar-refractivity contribution in [2.24, 2.45) is 0 Å². The largest absolute Gasteiger partial charge is 0.253 e. The van der Waals surface area contributed by atoms with Gasteiger partial charge in [-0.3, -0.25) is 9.97 Å². The average molecular weight is 355 g/mol. The van der Waals surface area contributed by atoms with E-state index in [-0.39, 0.29) is 0 Å². The number of nitrogens with zero attached hydrogens (tertiary/aromatic N) is 6. The Labute approximate surface area is 155 Å². The number of aryl methyl sites for hydroxylation is 2. The molecule has 3 heterocycles. The highest BCUT2D eigenvalue weighted by Gasteiger charge is 2.13. The smallest absolute Gasteiger partial charge is 0.244 e. The van der Waals surface area contributed by atoms with Gasteiger partial charge < -0.3 is 0 Å². The molecule has 0 saturated heterocycles. The number of hydrogen-bond donors (Lipinski definition) is 0. The highest BCUT2D eigenvalue weighted by molar-refractivity contribution is 5.07. The summed E-state index contributed by atoms with van der Waals surface area (Å²) in [6.07, 6.45) is 21.2. The molecule has 0 atom stereocenters. The Kier molecular flexibility index (Phi) is 6.52. The third-order valence-corrected chi connectivity index (χ3v) is 4.56. The number of unbranched alkanes of at least 4 members (excludes halogenated alkanes) is 2. The molecular weight excluding hydrogens is 324 g/mol. The number of aromatic nitrogens is 6. The molecular formula is C20H30N6+2. The number of rotatable bonds is 10. The third kappa shape index (κ3) is 5.00. The zero-order valence-electron chi connectivity index (χ0n) is 16.0. The van der Waals surface area contributed by atoms with E-state index >= 15 is 0 Å². The lowest BCUT2D eigenvalue weighted by molar-refractivity contribution is -0.693. The van der Waals surface area contributed by atoms with Crippen LogP contribution in [0.3, 0.4) is 0 Å². The van der Waals surface area contributed by atoms with Crippen LogP contribution in [-0.4, -0.2) is 19.1 Å². The van der Waals surface area contributed by atoms with Gasteiger partial charge in [-0.1, -0.05) is 26.7 Å². The summed E-state index contributed by atoms with van der Waals surface area (Å²) in [6, 6.07) is 0. The fraction of sp³-hybridized carbons (Fsp3) is 0.500. The maximum absolute atomic E-state index is 4.59. The maximum atomic E-state index is 4.59. The first-order valence-corrected chi connectivity index (χ1v) is 9.67. The van der Waals surface area contributed by atoms with Gasteiger partial charge in [0.05, 0.1) is 13.1 Å². The first-order chi connectivity index (χ1) is 12.8. The van der Waals surface area contributed by atoms with Crippen molar-refractivity contribution in [3.05, 3.63) is 61.2 Å². The van der Waals surface area contributed by atoms with Crippen molar-refractivity contribution in [1.82, 2.24) is 19.1 Å². The lowest BCUT2D eigenvalue weighted by Crippen LogP contribution is -2.36. The van der Waals surface area contributed by atoms with Gasteiger partial charge in [0.15, 0.2) is 0 Å². The molecule has 0 fully saturated rings. The van der Waals surface area contributed by atoms with Gasteiger partial charge in [0.1, 0.15) is 49.3 Å². The molecule has 0 unspecified atom stereocenters. The van der Waals surface area contributed by atoms with E-state index in [9.17, 15) is 0 Å². The lowest BCUT2D eigenvalue weighted by atomic mass is 10.3. The highest BCUT2D eigenvalue weighted by Crippen LogP contribution is 2.02. The van der Waals surface area contributed by atoms with Crippen LogP contribution in [-0.2, 0) is 26.2 Å². The normalized spacial score (nSPS) is 11.2. The number of imidazole rings is 2. The van der Waals surface area contributed by atoms with Crippen molar-refractivity contribution in [2.45, 2.75) is 65.7 Å². The second-order valence-corrected chi connectivity index (χ2v) is 6.80. The van der Waals surface area contributed by atoms with Crippen molar-refractivity contribution in [3.63, 3.8) is 0 Å². The third-order valence-electron chi connectivity index (χ3n) is 4.56. The molecule has 6 heteroatoms. The van der Waals surface area contributed by atoms with Gasteiger partial charge in [-0.15, -0.1) is 0 Å². The van der Waals surface area contributed by atoms with Crippen LogP contribution in [0.1, 0.15) is 50.9 Å². The van der Waals surface area contributed by atoms with Crippen LogP contribution in [0, 0.1) is 0 Å². The predicted octanol–water partition coefficient (Wildman–Crippen LogP) is 2.35. The van der Waals surface area contributed by atoms with E-state index < -0.39 is 0 Å². The summed E-state index contributed by atoms with van der Waals surface area (Å²) in [7, 11) is 0. The van der Waals surface area contributed by atoms with Crippen molar-refractivity contribution in [3.8, 4) is 0 Å². The molecule has 0 aliphatic carbocycles. The summed E-state index contributed by atoms with van der Waals surface area (Å²) in [5.41, 5.74) is 2.05. The minimum Gasteiger partial charge on any atom is -0.253 e. The maximum Gasteiger partial charge on any atom is 0.244 e. The van der Waals surface area contributed by atoms with E-state index in [2.05, 4.69) is 79.5 Å². The van der Waals surface area contributed by atoms with E-state index in [1.807, 2.05) is 0 Å². The fourth-order valence-electron chi connectivity index (χ4n) is 3.02. The summed E-state index contributed by atoms with van der Waals surface area (Å²) >= 11 is 0. The summed E-state index contributed by atoms with van der Waals surface area (Å²) in [4.78, 5) is 9.17. The van der Waals surface area contributed by atoms with Crippen LogP contribution in [0.15, 0.2) is 49.8 Å². The number of hydrogen-bond acceptors (Lipinski definition) is 2. The van der Waals surface area contributed by atoms with Crippen molar-refractivity contribution in [1.29, 1.82) is 0 Å². The highest BCUT2D eigenvalue weighted by atomic mass is 15.1. The monoisotopic (exact) mass is 354 g/mol. The average Bonchev–Trinajstić information content (AvgIpc) is 3.29. The molecule has 0 N–H and O–H groups in total. The molecule has 0 spiro atoms. The van der Waals surface area contributed by atoms with Crippen LogP contribution in [0.25, 0.3) is 0 Å². The van der Waals surface area contributed by atoms with Gasteiger partial charge in [0, 0.05) is 12.4 Å². The van der Waals surface area contributed by atoms with Crippen LogP contribution in [0.2, 0.25) is 0 Å². The van der Waals surface area contributed by atoms with Gasteiger partial charge in [-0.25, -0.2) is 18.3 Å². The molecule has 3 aromatic heterocycles. The molecule has 138 valence electrons. The Morgan fingerprint density at radius 3 is 1.65 bits per heavy atom. The molecule has 3 aromatic rings. The second-order valence-electron chi connectivity index (χ2n) is 6.80. The Morgan fingerprint density at radius 2 is 1.23 bits per heavy atom. The lowest BCUT2D eigenvalue weighted by Gasteiger charge is -2.03. The minimum absolute atomic E-state index is 0.749. The van der Waals surface area contributed by atoms with Gasteiger partial charge in [0.2, 0.25) is 12.7 Å². The van der Waals surface area contributed by atoms with Crippen molar-refractivity contribution >= 4 is 0 Å². The van der Waals surface area contributed by atoms with Crippen LogP contribution in [0.5, 0.6) is 0 Å². The topological polar surface area (TPSA) is 43.4 Å². The Bertz CT molecular complexity index is 737. The van der Waals surface area contributed by atoms with Crippen molar-refractivity contribution in [2.75, 3.05) is 0 Å². The zero-order valence-corrected chi connectivity index (χ0v) is 16.0. The Hall–Kier alpha value is -2.50. The van der Waals surface area contributed by atoms with Gasteiger partial charge >= 0.3 is 0 Å². The second kappa shape index (κ2) is 9.27. The molecule has 0 radical (unpaired) electrons. The molecule has 6 nitrogen and oxygen atoms in total. The van der Waals surface area contributed by atoms with Crippen LogP contribution >= 0.6 is 0 Å². The van der Waals surface area contributed by atoms with Gasteiger partial charge in [-0.2, -0.15) is 0 Å². The Morgan fingerprint density at radius 1 is 0.769 bits per heavy atom. The molecule has 0 aliphatic rings. The standard InChI is InChI=1S/C20H30N6/c1-3-5-9-23-11-13-25(17-23)15-19-20(22-8-7-21-19)16-26-14-12-24(18-26)10-6-4-2/h7-8,11-14,17-18H,3-6,9-10,15-16H2,1-2H3/q+2. The first-order valence-electron chi connectivity index (χ1n) is 9.67. The summed E-state index contributed by atoms with van der Waals surface area (Å²) in [6.45, 7) is 8.07. The fourth-order valence-corrected chi connectivity index (χ4v) is 3.02. The summed E-state index contributed by atoms with van der Waals surface area (Å²) in [5, 5.41) is 0. The Balaban J connectivity index is 1.68. The molecule has 0 bridgehead atoms. The minimum atomic E-state index is 0.749. The van der Waals surface area contributed by atoms with Crippen molar-refractivity contribution < 1.29 is 9.13 Å². The van der Waals surface area contributed by atoms with E-state index in [0.29, 0.717) is 0 Å². The van der Waals surface area contributed by atoms with Gasteiger partial charge in [0.25, 0.3) is 0 Å². The van der Waals surface area contributed by atoms with E-state index in [4.69, 9.17) is 0 Å². The molecule has 0 aliphatic heterocycles. The van der Waals surface area contributed by atoms with E-state index in [0.717, 1.165) is 37.6 Å². The molecule has 0 amide bonds. The zero-order chi connectivity index (χ0) is 18.2. The van der Waals surface area contributed by atoms with E-state index in [1.165, 1.54) is 25.7 Å². The molecule has 0 saturated carbocycles. The van der Waals surface area contributed by atoms with Crippen LogP contribution in [0.4, 0.5) is 0 Å². The van der Waals surface area contributed by atoms with E-state index in [1.54, 1.807) is 12.4 Å².